The van der Waals surface area contributed by atoms with Crippen molar-refractivity contribution < 1.29 is 0 Å². The van der Waals surface area contributed by atoms with Crippen molar-refractivity contribution in [3.63, 3.8) is 0 Å². The van der Waals surface area contributed by atoms with Crippen LogP contribution in [0.2, 0.25) is 0 Å². The summed E-state index contributed by atoms with van der Waals surface area (Å²) in [5.74, 6) is 5.11. The van der Waals surface area contributed by atoms with Crippen LogP contribution < -0.4 is 5.84 Å². The minimum absolute atomic E-state index is 0.214. The van der Waals surface area contributed by atoms with Crippen LogP contribution in [0.1, 0.15) is 34.6 Å². The van der Waals surface area contributed by atoms with Crippen molar-refractivity contribution in [2.75, 3.05) is 0 Å². The minimum Gasteiger partial charge on any atom is -0.323 e. The van der Waals surface area contributed by atoms with E-state index >= 15 is 0 Å². The largest absolute Gasteiger partial charge is 0.323 e. The summed E-state index contributed by atoms with van der Waals surface area (Å²) in [7, 11) is 0. The van der Waals surface area contributed by atoms with Crippen molar-refractivity contribution in [1.82, 2.24) is 0 Å². The lowest BCUT2D eigenvalue weighted by atomic mass is 9.87. The maximum absolute atomic E-state index is 5.11. The van der Waals surface area contributed by atoms with E-state index in [1.165, 1.54) is 5.57 Å². The molecule has 0 unspecified atom stereocenters. The third kappa shape index (κ3) is 3.81. The SMILES string of the molecule is CC(/C=C(\C)C(C)(C)C)=N/N. The highest BCUT2D eigenvalue weighted by Crippen LogP contribution is 2.23. The van der Waals surface area contributed by atoms with Crippen LogP contribution in [0.5, 0.6) is 0 Å². The summed E-state index contributed by atoms with van der Waals surface area (Å²) in [6.45, 7) is 10.5. The molecule has 0 spiro atoms. The van der Waals surface area contributed by atoms with Crippen molar-refractivity contribution in [3.8, 4) is 0 Å². The molecule has 2 nitrogen and oxygen atoms in total. The predicted molar refractivity (Wildman–Crippen MR) is 50.5 cm³/mol. The van der Waals surface area contributed by atoms with Gasteiger partial charge in [-0.2, -0.15) is 5.10 Å². The molecule has 0 heterocycles. The molecular formula is C9H18N2. The zero-order chi connectivity index (χ0) is 9.07. The van der Waals surface area contributed by atoms with Crippen LogP contribution in [-0.2, 0) is 0 Å². The highest BCUT2D eigenvalue weighted by Gasteiger charge is 2.11. The van der Waals surface area contributed by atoms with Crippen molar-refractivity contribution in [2.24, 2.45) is 16.4 Å². The van der Waals surface area contributed by atoms with E-state index in [9.17, 15) is 0 Å². The van der Waals surface area contributed by atoms with Gasteiger partial charge in [0.2, 0.25) is 0 Å². The Balaban J connectivity index is 4.48. The van der Waals surface area contributed by atoms with Gasteiger partial charge in [-0.05, 0) is 25.3 Å². The van der Waals surface area contributed by atoms with E-state index in [4.69, 9.17) is 5.84 Å². The molecular weight excluding hydrogens is 136 g/mol. The first-order valence-electron chi connectivity index (χ1n) is 3.81. The van der Waals surface area contributed by atoms with Crippen molar-refractivity contribution in [2.45, 2.75) is 34.6 Å². The molecule has 0 aliphatic carbocycles. The second kappa shape index (κ2) is 3.56. The highest BCUT2D eigenvalue weighted by molar-refractivity contribution is 5.93. The fraction of sp³-hybridized carbons (Fsp3) is 0.667. The van der Waals surface area contributed by atoms with Gasteiger partial charge in [-0.25, -0.2) is 0 Å². The zero-order valence-corrected chi connectivity index (χ0v) is 8.10. The second-order valence-electron chi connectivity index (χ2n) is 3.85. The predicted octanol–water partition coefficient (Wildman–Crippen LogP) is 2.31. The van der Waals surface area contributed by atoms with Crippen LogP contribution in [0.4, 0.5) is 0 Å². The molecule has 0 rings (SSSR count). The number of rotatable bonds is 1. The quantitative estimate of drug-likeness (QED) is 0.351. The zero-order valence-electron chi connectivity index (χ0n) is 8.10. The lowest BCUT2D eigenvalue weighted by molar-refractivity contribution is 0.504. The Morgan fingerprint density at radius 3 is 2.00 bits per heavy atom. The molecule has 64 valence electrons. The Hall–Kier alpha value is -0.790. The molecule has 0 radical (unpaired) electrons. The average molecular weight is 154 g/mol. The van der Waals surface area contributed by atoms with Gasteiger partial charge in [0, 0.05) is 0 Å². The average Bonchev–Trinajstić information content (AvgIpc) is 1.85. The first kappa shape index (κ1) is 10.2. The van der Waals surface area contributed by atoms with Gasteiger partial charge in [0.05, 0.1) is 5.71 Å². The summed E-state index contributed by atoms with van der Waals surface area (Å²) in [5.41, 5.74) is 2.38. The van der Waals surface area contributed by atoms with E-state index in [1.54, 1.807) is 0 Å². The summed E-state index contributed by atoms with van der Waals surface area (Å²) in [4.78, 5) is 0. The summed E-state index contributed by atoms with van der Waals surface area (Å²) in [6, 6.07) is 0. The van der Waals surface area contributed by atoms with Gasteiger partial charge in [0.1, 0.15) is 0 Å². The van der Waals surface area contributed by atoms with E-state index in [0.29, 0.717) is 0 Å². The Morgan fingerprint density at radius 2 is 1.73 bits per heavy atom. The third-order valence-electron chi connectivity index (χ3n) is 1.81. The minimum atomic E-state index is 0.214. The molecule has 11 heavy (non-hydrogen) atoms. The van der Waals surface area contributed by atoms with Gasteiger partial charge >= 0.3 is 0 Å². The number of hydrogen-bond donors (Lipinski definition) is 1. The molecule has 0 aromatic rings. The summed E-state index contributed by atoms with van der Waals surface area (Å²) in [6.07, 6.45) is 2.01. The van der Waals surface area contributed by atoms with Gasteiger partial charge < -0.3 is 5.84 Å². The number of hydrogen-bond acceptors (Lipinski definition) is 2. The molecule has 0 saturated carbocycles. The molecule has 0 bridgehead atoms. The Kier molecular flexibility index (Phi) is 3.30. The Labute approximate surface area is 69.2 Å². The molecule has 0 fully saturated rings. The molecule has 0 amide bonds. The number of allylic oxidation sites excluding steroid dienone is 2. The lowest BCUT2D eigenvalue weighted by Crippen LogP contribution is -2.08. The van der Waals surface area contributed by atoms with Crippen molar-refractivity contribution >= 4 is 5.71 Å². The lowest BCUT2D eigenvalue weighted by Gasteiger charge is -2.19. The van der Waals surface area contributed by atoms with E-state index in [-0.39, 0.29) is 5.41 Å². The first-order chi connectivity index (χ1) is 4.88. The smallest absolute Gasteiger partial charge is 0.0569 e. The van der Waals surface area contributed by atoms with E-state index in [1.807, 2.05) is 13.0 Å². The topological polar surface area (TPSA) is 38.4 Å². The van der Waals surface area contributed by atoms with Gasteiger partial charge in [-0.3, -0.25) is 0 Å². The van der Waals surface area contributed by atoms with Crippen LogP contribution in [0.15, 0.2) is 16.8 Å². The Morgan fingerprint density at radius 1 is 1.27 bits per heavy atom. The van der Waals surface area contributed by atoms with Gasteiger partial charge in [-0.1, -0.05) is 26.3 Å². The van der Waals surface area contributed by atoms with Crippen LogP contribution in [0.3, 0.4) is 0 Å². The van der Waals surface area contributed by atoms with Crippen LogP contribution in [0, 0.1) is 5.41 Å². The van der Waals surface area contributed by atoms with Crippen LogP contribution >= 0.6 is 0 Å². The number of hydrazone groups is 1. The van der Waals surface area contributed by atoms with E-state index < -0.39 is 0 Å². The number of nitrogens with two attached hydrogens (primary N) is 1. The van der Waals surface area contributed by atoms with E-state index in [2.05, 4.69) is 32.8 Å². The van der Waals surface area contributed by atoms with Crippen molar-refractivity contribution in [1.29, 1.82) is 0 Å². The van der Waals surface area contributed by atoms with Gasteiger partial charge in [0.25, 0.3) is 0 Å². The van der Waals surface area contributed by atoms with Gasteiger partial charge in [0.15, 0.2) is 0 Å². The standard InChI is InChI=1S/C9H18N2/c1-7(9(3,4)5)6-8(2)11-10/h6H,10H2,1-5H3/b7-6+,11-8-. The van der Waals surface area contributed by atoms with Crippen LogP contribution in [-0.4, -0.2) is 5.71 Å². The number of nitrogens with zero attached hydrogens (tertiary/aromatic N) is 1. The fourth-order valence-corrected chi connectivity index (χ4v) is 0.567. The fourth-order valence-electron chi connectivity index (χ4n) is 0.567. The van der Waals surface area contributed by atoms with Gasteiger partial charge in [-0.15, -0.1) is 0 Å². The molecule has 0 atom stereocenters. The molecule has 0 saturated heterocycles. The Bertz CT molecular complexity index is 182. The maximum atomic E-state index is 5.11. The highest BCUT2D eigenvalue weighted by atomic mass is 15.1. The maximum Gasteiger partial charge on any atom is 0.0569 e. The molecule has 0 aliphatic heterocycles. The summed E-state index contributed by atoms with van der Waals surface area (Å²) in [5, 5.41) is 3.58. The second-order valence-corrected chi connectivity index (χ2v) is 3.85. The van der Waals surface area contributed by atoms with Crippen molar-refractivity contribution in [3.05, 3.63) is 11.6 Å². The molecule has 0 aromatic heterocycles. The van der Waals surface area contributed by atoms with E-state index in [0.717, 1.165) is 5.71 Å². The first-order valence-corrected chi connectivity index (χ1v) is 3.81. The molecule has 0 aliphatic rings. The molecule has 0 aromatic carbocycles. The monoisotopic (exact) mass is 154 g/mol. The summed E-state index contributed by atoms with van der Waals surface area (Å²) < 4.78 is 0. The molecule has 2 N–H and O–H groups in total. The normalized spacial score (nSPS) is 15.4. The summed E-state index contributed by atoms with van der Waals surface area (Å²) >= 11 is 0. The van der Waals surface area contributed by atoms with Crippen LogP contribution in [0.25, 0.3) is 0 Å². The third-order valence-corrected chi connectivity index (χ3v) is 1.81. The molecule has 2 heteroatoms.